The summed E-state index contributed by atoms with van der Waals surface area (Å²) < 4.78 is 5.43. The van der Waals surface area contributed by atoms with Crippen LogP contribution in [-0.4, -0.2) is 71.8 Å². The number of rotatable bonds is 9. The van der Waals surface area contributed by atoms with E-state index in [1.165, 1.54) is 9.80 Å². The van der Waals surface area contributed by atoms with E-state index in [0.717, 1.165) is 24.3 Å². The van der Waals surface area contributed by atoms with Crippen LogP contribution in [0.1, 0.15) is 36.2 Å². The fourth-order valence-electron chi connectivity index (χ4n) is 5.15. The van der Waals surface area contributed by atoms with Crippen molar-refractivity contribution in [3.63, 3.8) is 0 Å². The van der Waals surface area contributed by atoms with Gasteiger partial charge in [0.1, 0.15) is 12.1 Å². The normalized spacial score (nSPS) is 16.2. The maximum absolute atomic E-state index is 14.0. The molecule has 1 unspecified atom stereocenters. The van der Waals surface area contributed by atoms with Crippen LogP contribution >= 0.6 is 0 Å². The number of ketones is 1. The third-order valence-corrected chi connectivity index (χ3v) is 7.81. The lowest BCUT2D eigenvalue weighted by Crippen LogP contribution is -2.58. The molecule has 2 aliphatic heterocycles. The van der Waals surface area contributed by atoms with E-state index >= 15 is 0 Å². The number of hydrogen-bond donors (Lipinski definition) is 1. The molecule has 10 heteroatoms. The Balaban J connectivity index is 1.39. The number of anilines is 3. The summed E-state index contributed by atoms with van der Waals surface area (Å²) in [5, 5.41) is 2.98. The molecule has 3 amide bonds. The summed E-state index contributed by atoms with van der Waals surface area (Å²) in [6.07, 6.45) is 3.58. The third kappa shape index (κ3) is 5.69. The summed E-state index contributed by atoms with van der Waals surface area (Å²) in [6.45, 7) is 6.24. The Morgan fingerprint density at radius 3 is 2.44 bits per heavy atom. The second-order valence-electron chi connectivity index (χ2n) is 10.3. The van der Waals surface area contributed by atoms with Crippen LogP contribution in [0, 0.1) is 0 Å². The van der Waals surface area contributed by atoms with Crippen LogP contribution in [0.2, 0.25) is 0 Å². The molecule has 2 aliphatic rings. The van der Waals surface area contributed by atoms with Gasteiger partial charge in [0.05, 0.1) is 24.5 Å². The molecule has 1 atom stereocenters. The number of morpholine rings is 1. The number of amides is 3. The van der Waals surface area contributed by atoms with Crippen molar-refractivity contribution in [3.05, 3.63) is 84.2 Å². The van der Waals surface area contributed by atoms with Gasteiger partial charge in [0.15, 0.2) is 0 Å². The number of hydrogen-bond acceptors (Lipinski definition) is 7. The van der Waals surface area contributed by atoms with Crippen LogP contribution in [0.15, 0.2) is 73.1 Å². The Morgan fingerprint density at radius 2 is 1.76 bits per heavy atom. The molecule has 41 heavy (non-hydrogen) atoms. The van der Waals surface area contributed by atoms with Crippen LogP contribution in [0.25, 0.3) is 0 Å². The number of pyridine rings is 1. The van der Waals surface area contributed by atoms with E-state index in [9.17, 15) is 19.2 Å². The minimum atomic E-state index is -1.28. The van der Waals surface area contributed by atoms with Crippen molar-refractivity contribution in [3.8, 4) is 0 Å². The summed E-state index contributed by atoms with van der Waals surface area (Å²) in [5.74, 6) is -2.23. The van der Waals surface area contributed by atoms with E-state index in [1.54, 1.807) is 49.6 Å². The van der Waals surface area contributed by atoms with Crippen LogP contribution in [-0.2, 0) is 25.7 Å². The molecule has 3 heterocycles. The van der Waals surface area contributed by atoms with Gasteiger partial charge in [-0.2, -0.15) is 0 Å². The third-order valence-electron chi connectivity index (χ3n) is 7.81. The predicted molar refractivity (Wildman–Crippen MR) is 155 cm³/mol. The molecule has 0 radical (unpaired) electrons. The maximum atomic E-state index is 14.0. The number of nitrogens with one attached hydrogen (secondary N) is 1. The van der Waals surface area contributed by atoms with Gasteiger partial charge in [0.25, 0.3) is 11.7 Å². The molecule has 10 nitrogen and oxygen atoms in total. The van der Waals surface area contributed by atoms with E-state index in [0.29, 0.717) is 31.0 Å². The smallest absolute Gasteiger partial charge is 0.299 e. The topological polar surface area (TPSA) is 112 Å². The average molecular weight is 556 g/mol. The van der Waals surface area contributed by atoms with Crippen molar-refractivity contribution in [1.82, 2.24) is 9.88 Å². The Kier molecular flexibility index (Phi) is 8.11. The van der Waals surface area contributed by atoms with Gasteiger partial charge in [0.2, 0.25) is 11.8 Å². The average Bonchev–Trinajstić information content (AvgIpc) is 3.25. The van der Waals surface area contributed by atoms with E-state index in [2.05, 4.69) is 15.2 Å². The molecule has 0 bridgehead atoms. The number of aromatic nitrogens is 1. The zero-order chi connectivity index (χ0) is 29.0. The SMILES string of the molecule is CCC(C)(C(=O)Nc1ccc(N2CCOCC2)cc1)N(Cc1cccnc1)C(=O)CN1C(=O)C(=O)c2ccccc21. The van der Waals surface area contributed by atoms with E-state index in [-0.39, 0.29) is 24.6 Å². The molecule has 0 saturated carbocycles. The molecular formula is C31H33N5O5. The molecule has 3 aromatic rings. The fraction of sp³-hybridized carbons (Fsp3) is 0.323. The van der Waals surface area contributed by atoms with E-state index in [4.69, 9.17) is 4.74 Å². The summed E-state index contributed by atoms with van der Waals surface area (Å²) in [6, 6.07) is 17.8. The van der Waals surface area contributed by atoms with Crippen molar-refractivity contribution >= 4 is 40.6 Å². The molecule has 5 rings (SSSR count). The first-order valence-electron chi connectivity index (χ1n) is 13.7. The number of nitrogens with zero attached hydrogens (tertiary/aromatic N) is 4. The van der Waals surface area contributed by atoms with Gasteiger partial charge in [0, 0.05) is 43.4 Å². The molecule has 0 aliphatic carbocycles. The van der Waals surface area contributed by atoms with Gasteiger partial charge in [-0.15, -0.1) is 0 Å². The summed E-state index contributed by atoms with van der Waals surface area (Å²) in [4.78, 5) is 62.2. The Bertz CT molecular complexity index is 1440. The standard InChI is InChI=1S/C31H33N5O5/c1-3-31(2,30(40)33-23-10-12-24(13-11-23)34-15-17-41-18-16-34)36(20-22-7-6-14-32-19-22)27(37)21-35-26-9-5-4-8-25(26)28(38)29(35)39/h4-14,19H,3,15-18,20-21H2,1-2H3,(H,33,40). The Hall–Kier alpha value is -4.57. The van der Waals surface area contributed by atoms with Crippen LogP contribution in [0.3, 0.4) is 0 Å². The van der Waals surface area contributed by atoms with Crippen molar-refractivity contribution in [1.29, 1.82) is 0 Å². The highest BCUT2D eigenvalue weighted by Gasteiger charge is 2.43. The number of fused-ring (bicyclic) bond motifs is 1. The zero-order valence-corrected chi connectivity index (χ0v) is 23.2. The van der Waals surface area contributed by atoms with Crippen LogP contribution < -0.4 is 15.1 Å². The number of carbonyl (C=O) groups excluding carboxylic acids is 4. The Morgan fingerprint density at radius 1 is 1.02 bits per heavy atom. The van der Waals surface area contributed by atoms with Gasteiger partial charge >= 0.3 is 0 Å². The lowest BCUT2D eigenvalue weighted by molar-refractivity contribution is -0.145. The number of benzene rings is 2. The molecular weight excluding hydrogens is 522 g/mol. The second-order valence-corrected chi connectivity index (χ2v) is 10.3. The molecule has 1 fully saturated rings. The highest BCUT2D eigenvalue weighted by Crippen LogP contribution is 2.30. The predicted octanol–water partition coefficient (Wildman–Crippen LogP) is 3.28. The molecule has 1 aromatic heterocycles. The first kappa shape index (κ1) is 28.0. The maximum Gasteiger partial charge on any atom is 0.299 e. The lowest BCUT2D eigenvalue weighted by Gasteiger charge is -2.40. The van der Waals surface area contributed by atoms with Crippen molar-refractivity contribution in [2.45, 2.75) is 32.4 Å². The molecule has 0 spiro atoms. The fourth-order valence-corrected chi connectivity index (χ4v) is 5.15. The summed E-state index contributed by atoms with van der Waals surface area (Å²) in [7, 11) is 0. The van der Waals surface area contributed by atoms with Crippen LogP contribution in [0.5, 0.6) is 0 Å². The van der Waals surface area contributed by atoms with Crippen LogP contribution in [0.4, 0.5) is 17.1 Å². The minimum absolute atomic E-state index is 0.0953. The molecule has 1 saturated heterocycles. The van der Waals surface area contributed by atoms with Gasteiger partial charge in [-0.25, -0.2) is 0 Å². The van der Waals surface area contributed by atoms with Gasteiger partial charge in [-0.3, -0.25) is 29.1 Å². The van der Waals surface area contributed by atoms with Gasteiger partial charge in [-0.05, 0) is 61.4 Å². The summed E-state index contributed by atoms with van der Waals surface area (Å²) >= 11 is 0. The first-order valence-corrected chi connectivity index (χ1v) is 13.7. The second kappa shape index (κ2) is 11.9. The van der Waals surface area contributed by atoms with Crippen molar-refractivity contribution < 1.29 is 23.9 Å². The molecule has 212 valence electrons. The lowest BCUT2D eigenvalue weighted by atomic mass is 9.93. The van der Waals surface area contributed by atoms with E-state index in [1.807, 2.05) is 37.3 Å². The highest BCUT2D eigenvalue weighted by molar-refractivity contribution is 6.52. The summed E-state index contributed by atoms with van der Waals surface area (Å²) in [5.41, 5.74) is 1.76. The van der Waals surface area contributed by atoms with Crippen molar-refractivity contribution in [2.24, 2.45) is 0 Å². The first-order chi connectivity index (χ1) is 19.8. The number of Topliss-reactive ketones (excluding diaryl/α,β-unsaturated/α-hetero) is 1. The number of para-hydroxylation sites is 1. The number of carbonyl (C=O) groups is 4. The minimum Gasteiger partial charge on any atom is -0.378 e. The van der Waals surface area contributed by atoms with E-state index < -0.39 is 23.1 Å². The quantitative estimate of drug-likeness (QED) is 0.403. The largest absolute Gasteiger partial charge is 0.378 e. The van der Waals surface area contributed by atoms with Gasteiger partial charge in [-0.1, -0.05) is 25.1 Å². The number of ether oxygens (including phenoxy) is 1. The molecule has 2 aromatic carbocycles. The monoisotopic (exact) mass is 555 g/mol. The van der Waals surface area contributed by atoms with Gasteiger partial charge < -0.3 is 19.9 Å². The zero-order valence-electron chi connectivity index (χ0n) is 23.2. The van der Waals surface area contributed by atoms with Crippen molar-refractivity contribution in [2.75, 3.05) is 48.0 Å². The highest BCUT2D eigenvalue weighted by atomic mass is 16.5. The Labute approximate surface area is 238 Å². The molecule has 1 N–H and O–H groups in total.